The van der Waals surface area contributed by atoms with Crippen LogP contribution < -0.4 is 29.0 Å². The first-order valence-corrected chi connectivity index (χ1v) is 10.9. The lowest BCUT2D eigenvalue weighted by Crippen LogP contribution is -2.12. The van der Waals surface area contributed by atoms with Crippen LogP contribution in [0.15, 0.2) is 48.3 Å². The fourth-order valence-corrected chi connectivity index (χ4v) is 3.52. The monoisotopic (exact) mass is 481 g/mol. The second kappa shape index (κ2) is 11.8. The maximum absolute atomic E-state index is 12.8. The van der Waals surface area contributed by atoms with Crippen LogP contribution in [0.3, 0.4) is 0 Å². The Morgan fingerprint density at radius 3 is 2.17 bits per heavy atom. The minimum Gasteiger partial charge on any atom is -0.496 e. The number of aromatic nitrogens is 2. The molecule has 0 aliphatic carbocycles. The minimum atomic E-state index is -0.249. The van der Waals surface area contributed by atoms with Crippen molar-refractivity contribution in [3.63, 3.8) is 0 Å². The number of ether oxygens (including phenoxy) is 5. The van der Waals surface area contributed by atoms with Crippen LogP contribution in [0.5, 0.6) is 28.7 Å². The summed E-state index contributed by atoms with van der Waals surface area (Å²) in [6.07, 6.45) is 5.89. The highest BCUT2D eigenvalue weighted by Crippen LogP contribution is 2.35. The van der Waals surface area contributed by atoms with E-state index < -0.39 is 0 Å². The SMILES string of the molecule is COc1cc(OC)c(OC)cc1/C=C(\C)C(=O)Nc1cnn(CCc2ccc(OC)c(OC)c2)c1. The van der Waals surface area contributed by atoms with Crippen LogP contribution in [0, 0.1) is 0 Å². The van der Waals surface area contributed by atoms with Crippen molar-refractivity contribution in [2.75, 3.05) is 40.9 Å². The lowest BCUT2D eigenvalue weighted by Gasteiger charge is -2.12. The van der Waals surface area contributed by atoms with Gasteiger partial charge >= 0.3 is 0 Å². The molecule has 0 saturated heterocycles. The number of nitrogens with zero attached hydrogens (tertiary/aromatic N) is 2. The van der Waals surface area contributed by atoms with Crippen molar-refractivity contribution >= 4 is 17.7 Å². The summed E-state index contributed by atoms with van der Waals surface area (Å²) in [6, 6.07) is 9.30. The normalized spacial score (nSPS) is 11.1. The molecule has 9 heteroatoms. The molecule has 1 N–H and O–H groups in total. The highest BCUT2D eigenvalue weighted by Gasteiger charge is 2.13. The molecule has 3 aromatic rings. The van der Waals surface area contributed by atoms with Gasteiger partial charge in [0.05, 0.1) is 47.4 Å². The molecule has 186 valence electrons. The van der Waals surface area contributed by atoms with Gasteiger partial charge in [0.1, 0.15) is 5.75 Å². The number of nitrogens with one attached hydrogen (secondary N) is 1. The molecular formula is C26H31N3O6. The van der Waals surface area contributed by atoms with Gasteiger partial charge < -0.3 is 29.0 Å². The van der Waals surface area contributed by atoms with Crippen molar-refractivity contribution in [3.05, 3.63) is 59.4 Å². The van der Waals surface area contributed by atoms with Crippen molar-refractivity contribution < 1.29 is 28.5 Å². The molecule has 0 unspecified atom stereocenters. The Morgan fingerprint density at radius 2 is 1.51 bits per heavy atom. The van der Waals surface area contributed by atoms with Gasteiger partial charge in [-0.1, -0.05) is 6.07 Å². The van der Waals surface area contributed by atoms with E-state index in [-0.39, 0.29) is 5.91 Å². The van der Waals surface area contributed by atoms with Crippen LogP contribution in [0.25, 0.3) is 6.08 Å². The zero-order valence-electron chi connectivity index (χ0n) is 20.9. The van der Waals surface area contributed by atoms with E-state index in [9.17, 15) is 4.79 Å². The molecule has 0 bridgehead atoms. The maximum atomic E-state index is 12.8. The molecule has 1 heterocycles. The van der Waals surface area contributed by atoms with Gasteiger partial charge in [-0.25, -0.2) is 0 Å². The fraction of sp³-hybridized carbons (Fsp3) is 0.308. The third kappa shape index (κ3) is 6.26. The number of hydrogen-bond acceptors (Lipinski definition) is 7. The summed E-state index contributed by atoms with van der Waals surface area (Å²) in [4.78, 5) is 12.8. The van der Waals surface area contributed by atoms with E-state index in [0.29, 0.717) is 52.1 Å². The van der Waals surface area contributed by atoms with Crippen LogP contribution in [0.4, 0.5) is 5.69 Å². The van der Waals surface area contributed by atoms with Crippen LogP contribution in [0.1, 0.15) is 18.1 Å². The molecule has 0 saturated carbocycles. The number of anilines is 1. The van der Waals surface area contributed by atoms with E-state index in [2.05, 4.69) is 10.4 Å². The smallest absolute Gasteiger partial charge is 0.251 e. The second-order valence-electron chi connectivity index (χ2n) is 7.66. The van der Waals surface area contributed by atoms with Crippen molar-refractivity contribution in [1.82, 2.24) is 9.78 Å². The van der Waals surface area contributed by atoms with Crippen LogP contribution >= 0.6 is 0 Å². The lowest BCUT2D eigenvalue weighted by molar-refractivity contribution is -0.112. The summed E-state index contributed by atoms with van der Waals surface area (Å²) in [7, 11) is 7.89. The minimum absolute atomic E-state index is 0.249. The number of carbonyl (C=O) groups excluding carboxylic acids is 1. The van der Waals surface area contributed by atoms with Crippen LogP contribution in [-0.4, -0.2) is 51.2 Å². The second-order valence-corrected chi connectivity index (χ2v) is 7.66. The first-order valence-electron chi connectivity index (χ1n) is 10.9. The van der Waals surface area contributed by atoms with Crippen molar-refractivity contribution in [3.8, 4) is 28.7 Å². The molecule has 0 radical (unpaired) electrons. The Hall–Kier alpha value is -4.14. The number of methoxy groups -OCH3 is 5. The summed E-state index contributed by atoms with van der Waals surface area (Å²) < 4.78 is 28.5. The first-order chi connectivity index (χ1) is 16.9. The molecule has 0 spiro atoms. The standard InChI is InChI=1S/C26H31N3O6/c1-17(11-19-13-24(34-5)25(35-6)14-22(19)32-3)26(30)28-20-15-27-29(16-20)10-9-18-7-8-21(31-2)23(12-18)33-4/h7-8,11-16H,9-10H2,1-6H3,(H,28,30)/b17-11+. The quantitative estimate of drug-likeness (QED) is 0.410. The number of carbonyl (C=O) groups is 1. The van der Waals surface area contributed by atoms with Crippen molar-refractivity contribution in [2.24, 2.45) is 0 Å². The number of benzene rings is 2. The van der Waals surface area contributed by atoms with Gasteiger partial charge in [-0.3, -0.25) is 9.48 Å². The number of hydrogen-bond donors (Lipinski definition) is 1. The molecule has 3 rings (SSSR count). The molecule has 35 heavy (non-hydrogen) atoms. The molecule has 1 aromatic heterocycles. The Labute approximate surface area is 205 Å². The van der Waals surface area contributed by atoms with Gasteiger partial charge in [-0.05, 0) is 43.2 Å². The zero-order valence-corrected chi connectivity index (χ0v) is 20.9. The van der Waals surface area contributed by atoms with Gasteiger partial charge in [0, 0.05) is 29.9 Å². The Morgan fingerprint density at radius 1 is 0.886 bits per heavy atom. The Bertz CT molecular complexity index is 1200. The fourth-order valence-electron chi connectivity index (χ4n) is 3.52. The molecule has 0 aliphatic rings. The number of rotatable bonds is 11. The third-order valence-corrected chi connectivity index (χ3v) is 5.43. The van der Waals surface area contributed by atoms with Gasteiger partial charge in [-0.2, -0.15) is 5.10 Å². The predicted octanol–water partition coefficient (Wildman–Crippen LogP) is 4.21. The molecule has 9 nitrogen and oxygen atoms in total. The van der Waals surface area contributed by atoms with E-state index in [1.807, 2.05) is 18.2 Å². The van der Waals surface area contributed by atoms with Crippen LogP contribution in [0.2, 0.25) is 0 Å². The number of amides is 1. The summed E-state index contributed by atoms with van der Waals surface area (Å²) >= 11 is 0. The molecular weight excluding hydrogens is 450 g/mol. The first kappa shape index (κ1) is 25.5. The Balaban J connectivity index is 1.66. The molecule has 2 aromatic carbocycles. The summed E-state index contributed by atoms with van der Waals surface area (Å²) in [5.74, 6) is 2.79. The van der Waals surface area contributed by atoms with Gasteiger partial charge in [0.15, 0.2) is 23.0 Å². The van der Waals surface area contributed by atoms with Gasteiger partial charge in [0.2, 0.25) is 0 Å². The van der Waals surface area contributed by atoms with E-state index in [4.69, 9.17) is 23.7 Å². The van der Waals surface area contributed by atoms with Crippen molar-refractivity contribution in [1.29, 1.82) is 0 Å². The summed E-state index contributed by atoms with van der Waals surface area (Å²) in [6.45, 7) is 2.37. The van der Waals surface area contributed by atoms with E-state index in [1.54, 1.807) is 77.8 Å². The van der Waals surface area contributed by atoms with Crippen LogP contribution in [-0.2, 0) is 17.8 Å². The molecule has 0 fully saturated rings. The largest absolute Gasteiger partial charge is 0.496 e. The van der Waals surface area contributed by atoms with E-state index in [1.165, 1.54) is 0 Å². The highest BCUT2D eigenvalue weighted by molar-refractivity contribution is 6.06. The van der Waals surface area contributed by atoms with E-state index >= 15 is 0 Å². The average molecular weight is 482 g/mol. The van der Waals surface area contributed by atoms with Gasteiger partial charge in [-0.15, -0.1) is 0 Å². The predicted molar refractivity (Wildman–Crippen MR) is 134 cm³/mol. The van der Waals surface area contributed by atoms with Gasteiger partial charge in [0.25, 0.3) is 5.91 Å². The molecule has 0 aliphatic heterocycles. The topological polar surface area (TPSA) is 93.1 Å². The van der Waals surface area contributed by atoms with Crippen molar-refractivity contribution in [2.45, 2.75) is 19.9 Å². The average Bonchev–Trinajstić information content (AvgIpc) is 3.33. The third-order valence-electron chi connectivity index (χ3n) is 5.43. The zero-order chi connectivity index (χ0) is 25.4. The summed E-state index contributed by atoms with van der Waals surface area (Å²) in [5, 5.41) is 7.23. The summed E-state index contributed by atoms with van der Waals surface area (Å²) in [5.41, 5.74) is 2.89. The lowest BCUT2D eigenvalue weighted by atomic mass is 10.1. The molecule has 1 amide bonds. The Kier molecular flexibility index (Phi) is 8.61. The number of aryl methyl sites for hydroxylation is 2. The maximum Gasteiger partial charge on any atom is 0.251 e. The highest BCUT2D eigenvalue weighted by atomic mass is 16.5. The molecule has 0 atom stereocenters. The van der Waals surface area contributed by atoms with E-state index in [0.717, 1.165) is 12.0 Å².